The van der Waals surface area contributed by atoms with Crippen molar-refractivity contribution >= 4 is 34.4 Å². The molecule has 6 heteroatoms. The number of benzene rings is 2. The largest absolute Gasteiger partial charge is 0.481 e. The number of carboxylic acid groups (broad SMARTS) is 1. The molecule has 0 bridgehead atoms. The van der Waals surface area contributed by atoms with Crippen molar-refractivity contribution in [2.45, 2.75) is 18.9 Å². The number of amides is 1. The fourth-order valence-electron chi connectivity index (χ4n) is 2.63. The van der Waals surface area contributed by atoms with Gasteiger partial charge in [0, 0.05) is 16.8 Å². The van der Waals surface area contributed by atoms with Gasteiger partial charge in [-0.15, -0.1) is 0 Å². The molecule has 0 aliphatic heterocycles. The third-order valence-corrected chi connectivity index (χ3v) is 4.09. The second kappa shape index (κ2) is 7.40. The molecule has 0 spiro atoms. The number of furan rings is 1. The molecule has 2 N–H and O–H groups in total. The Hall–Kier alpha value is -2.79. The Morgan fingerprint density at radius 3 is 2.60 bits per heavy atom. The average molecular weight is 358 g/mol. The van der Waals surface area contributed by atoms with Crippen LogP contribution in [0, 0.1) is 0 Å². The van der Waals surface area contributed by atoms with Crippen LogP contribution in [0.2, 0.25) is 5.02 Å². The van der Waals surface area contributed by atoms with Gasteiger partial charge in [0.05, 0.1) is 6.04 Å². The molecule has 1 atom stereocenters. The third kappa shape index (κ3) is 4.19. The Labute approximate surface area is 149 Å². The van der Waals surface area contributed by atoms with Gasteiger partial charge in [-0.1, -0.05) is 41.9 Å². The average Bonchev–Trinajstić information content (AvgIpc) is 3.02. The highest BCUT2D eigenvalue weighted by Gasteiger charge is 2.19. The van der Waals surface area contributed by atoms with Crippen LogP contribution < -0.4 is 5.32 Å². The maximum atomic E-state index is 12.5. The summed E-state index contributed by atoms with van der Waals surface area (Å²) in [4.78, 5) is 23.4. The summed E-state index contributed by atoms with van der Waals surface area (Å²) in [5, 5.41) is 13.1. The minimum atomic E-state index is -0.909. The zero-order chi connectivity index (χ0) is 17.8. The van der Waals surface area contributed by atoms with E-state index < -0.39 is 17.9 Å². The van der Waals surface area contributed by atoms with Gasteiger partial charge in [-0.25, -0.2) is 0 Å². The van der Waals surface area contributed by atoms with E-state index in [1.807, 2.05) is 30.3 Å². The summed E-state index contributed by atoms with van der Waals surface area (Å²) in [6.45, 7) is 0. The Morgan fingerprint density at radius 2 is 1.88 bits per heavy atom. The van der Waals surface area contributed by atoms with E-state index in [0.29, 0.717) is 10.6 Å². The zero-order valence-corrected chi connectivity index (χ0v) is 14.0. The van der Waals surface area contributed by atoms with Crippen molar-refractivity contribution in [3.05, 3.63) is 70.9 Å². The second-order valence-corrected chi connectivity index (χ2v) is 6.10. The van der Waals surface area contributed by atoms with Crippen molar-refractivity contribution in [2.24, 2.45) is 0 Å². The van der Waals surface area contributed by atoms with Crippen LogP contribution in [0.3, 0.4) is 0 Å². The zero-order valence-electron chi connectivity index (χ0n) is 13.2. The van der Waals surface area contributed by atoms with E-state index in [2.05, 4.69) is 5.32 Å². The van der Waals surface area contributed by atoms with Crippen LogP contribution in [0.15, 0.2) is 59.0 Å². The number of halogens is 1. The molecular weight excluding hydrogens is 342 g/mol. The van der Waals surface area contributed by atoms with Crippen LogP contribution in [0.4, 0.5) is 0 Å². The quantitative estimate of drug-likeness (QED) is 0.684. The van der Waals surface area contributed by atoms with Crippen LogP contribution in [0.25, 0.3) is 11.0 Å². The smallest absolute Gasteiger partial charge is 0.303 e. The molecule has 0 saturated heterocycles. The molecule has 128 valence electrons. The summed E-state index contributed by atoms with van der Waals surface area (Å²) in [5.41, 5.74) is 1.41. The van der Waals surface area contributed by atoms with E-state index in [9.17, 15) is 9.59 Å². The van der Waals surface area contributed by atoms with E-state index in [0.717, 1.165) is 10.9 Å². The van der Waals surface area contributed by atoms with Crippen molar-refractivity contribution < 1.29 is 19.1 Å². The maximum Gasteiger partial charge on any atom is 0.303 e. The van der Waals surface area contributed by atoms with Crippen LogP contribution in [-0.4, -0.2) is 17.0 Å². The summed E-state index contributed by atoms with van der Waals surface area (Å²) in [5.74, 6) is -1.14. The normalized spacial score (nSPS) is 12.0. The first-order chi connectivity index (χ1) is 12.0. The van der Waals surface area contributed by atoms with Gasteiger partial charge in [0.1, 0.15) is 5.58 Å². The molecule has 0 aliphatic rings. The van der Waals surface area contributed by atoms with Gasteiger partial charge in [-0.2, -0.15) is 0 Å². The molecule has 2 aromatic carbocycles. The topological polar surface area (TPSA) is 79.5 Å². The lowest BCUT2D eigenvalue weighted by atomic mass is 10.0. The van der Waals surface area contributed by atoms with Gasteiger partial charge in [-0.3, -0.25) is 9.59 Å². The van der Waals surface area contributed by atoms with E-state index in [1.54, 1.807) is 24.3 Å². The lowest BCUT2D eigenvalue weighted by molar-refractivity contribution is -0.137. The molecule has 3 aromatic rings. The first-order valence-electron chi connectivity index (χ1n) is 7.79. The SMILES string of the molecule is O=C(O)CC[C@@H](NC(=O)c1cc2cc(Cl)ccc2o1)c1ccccc1. The highest BCUT2D eigenvalue weighted by atomic mass is 35.5. The van der Waals surface area contributed by atoms with Gasteiger partial charge in [0.15, 0.2) is 5.76 Å². The monoisotopic (exact) mass is 357 g/mol. The Kier molecular flexibility index (Phi) is 5.05. The number of hydrogen-bond donors (Lipinski definition) is 2. The van der Waals surface area contributed by atoms with Crippen LogP contribution in [0.1, 0.15) is 35.0 Å². The van der Waals surface area contributed by atoms with Crippen LogP contribution in [0.5, 0.6) is 0 Å². The van der Waals surface area contributed by atoms with Crippen LogP contribution in [-0.2, 0) is 4.79 Å². The lowest BCUT2D eigenvalue weighted by Gasteiger charge is -2.17. The predicted octanol–water partition coefficient (Wildman–Crippen LogP) is 4.42. The number of rotatable bonds is 6. The first-order valence-corrected chi connectivity index (χ1v) is 8.17. The highest BCUT2D eigenvalue weighted by Crippen LogP contribution is 2.24. The van der Waals surface area contributed by atoms with Gasteiger partial charge in [-0.05, 0) is 36.2 Å². The standard InChI is InChI=1S/C19H16ClNO4/c20-14-6-8-16-13(10-14)11-17(25-16)19(24)21-15(7-9-18(22)23)12-4-2-1-3-5-12/h1-6,8,10-11,15H,7,9H2,(H,21,24)(H,22,23)/t15-/m1/s1. The highest BCUT2D eigenvalue weighted by molar-refractivity contribution is 6.31. The molecule has 25 heavy (non-hydrogen) atoms. The fraction of sp³-hybridized carbons (Fsp3) is 0.158. The second-order valence-electron chi connectivity index (χ2n) is 5.66. The number of carboxylic acids is 1. The number of carbonyl (C=O) groups excluding carboxylic acids is 1. The van der Waals surface area contributed by atoms with E-state index in [1.165, 1.54) is 0 Å². The molecule has 0 radical (unpaired) electrons. The Morgan fingerprint density at radius 1 is 1.12 bits per heavy atom. The maximum absolute atomic E-state index is 12.5. The molecule has 0 unspecified atom stereocenters. The molecule has 0 fully saturated rings. The summed E-state index contributed by atoms with van der Waals surface area (Å²) in [6.07, 6.45) is 0.243. The van der Waals surface area contributed by atoms with Crippen LogP contribution >= 0.6 is 11.6 Å². The first kappa shape index (κ1) is 17.0. The minimum Gasteiger partial charge on any atom is -0.481 e. The third-order valence-electron chi connectivity index (χ3n) is 3.86. The summed E-state index contributed by atoms with van der Waals surface area (Å²) >= 11 is 5.94. The summed E-state index contributed by atoms with van der Waals surface area (Å²) < 4.78 is 5.56. The molecule has 1 amide bonds. The summed E-state index contributed by atoms with van der Waals surface area (Å²) in [7, 11) is 0. The number of aliphatic carboxylic acids is 1. The van der Waals surface area contributed by atoms with Gasteiger partial charge in [0.25, 0.3) is 5.91 Å². The van der Waals surface area contributed by atoms with Gasteiger partial charge < -0.3 is 14.8 Å². The van der Waals surface area contributed by atoms with Gasteiger partial charge >= 0.3 is 5.97 Å². The summed E-state index contributed by atoms with van der Waals surface area (Å²) in [6, 6.07) is 15.6. The van der Waals surface area contributed by atoms with E-state index in [-0.39, 0.29) is 18.6 Å². The van der Waals surface area contributed by atoms with Crippen molar-refractivity contribution in [1.82, 2.24) is 5.32 Å². The molecular formula is C19H16ClNO4. The number of hydrogen-bond acceptors (Lipinski definition) is 3. The van der Waals surface area contributed by atoms with E-state index >= 15 is 0 Å². The van der Waals surface area contributed by atoms with Crippen molar-refractivity contribution in [3.8, 4) is 0 Å². The number of nitrogens with one attached hydrogen (secondary N) is 1. The van der Waals surface area contributed by atoms with Crippen molar-refractivity contribution in [2.75, 3.05) is 0 Å². The lowest BCUT2D eigenvalue weighted by Crippen LogP contribution is -2.28. The molecule has 0 aliphatic carbocycles. The Balaban J connectivity index is 1.81. The molecule has 5 nitrogen and oxygen atoms in total. The minimum absolute atomic E-state index is 0.0461. The van der Waals surface area contributed by atoms with Crippen molar-refractivity contribution in [3.63, 3.8) is 0 Å². The number of carbonyl (C=O) groups is 2. The molecule has 3 rings (SSSR count). The van der Waals surface area contributed by atoms with E-state index in [4.69, 9.17) is 21.1 Å². The van der Waals surface area contributed by atoms with Crippen molar-refractivity contribution in [1.29, 1.82) is 0 Å². The molecule has 0 saturated carbocycles. The fourth-order valence-corrected chi connectivity index (χ4v) is 2.81. The Bertz CT molecular complexity index is 904. The number of fused-ring (bicyclic) bond motifs is 1. The predicted molar refractivity (Wildman–Crippen MR) is 94.7 cm³/mol. The van der Waals surface area contributed by atoms with Gasteiger partial charge in [0.2, 0.25) is 0 Å². The molecule has 1 heterocycles. The molecule has 1 aromatic heterocycles.